The van der Waals surface area contributed by atoms with Gasteiger partial charge in [-0.15, -0.1) is 0 Å². The lowest BCUT2D eigenvalue weighted by Gasteiger charge is -2.18. The van der Waals surface area contributed by atoms with E-state index in [0.29, 0.717) is 16.9 Å². The van der Waals surface area contributed by atoms with Crippen molar-refractivity contribution in [1.29, 1.82) is 0 Å². The highest BCUT2D eigenvalue weighted by atomic mass is 32.2. The maximum absolute atomic E-state index is 13.2. The molecule has 1 heterocycles. The van der Waals surface area contributed by atoms with E-state index in [1.165, 1.54) is 0 Å². The van der Waals surface area contributed by atoms with Gasteiger partial charge in [-0.2, -0.15) is 0 Å². The van der Waals surface area contributed by atoms with Crippen LogP contribution in [0.2, 0.25) is 0 Å². The predicted molar refractivity (Wildman–Crippen MR) is 111 cm³/mol. The monoisotopic (exact) mass is 392 g/mol. The molecule has 0 bridgehead atoms. The SMILES string of the molecule is CC1(C)OC(c2ccc(C[SH](=O)=O)cc2)=C(c2cccc3ccccc23)C1=O. The van der Waals surface area contributed by atoms with E-state index in [-0.39, 0.29) is 11.5 Å². The first kappa shape index (κ1) is 18.4. The minimum Gasteiger partial charge on any atom is -0.478 e. The third-order valence-electron chi connectivity index (χ3n) is 4.94. The summed E-state index contributed by atoms with van der Waals surface area (Å²) in [5, 5.41) is 2.05. The van der Waals surface area contributed by atoms with Gasteiger partial charge in [0.25, 0.3) is 0 Å². The molecule has 3 aromatic rings. The van der Waals surface area contributed by atoms with Crippen LogP contribution >= 0.6 is 0 Å². The first-order valence-corrected chi connectivity index (χ1v) is 10.4. The van der Waals surface area contributed by atoms with E-state index in [1.807, 2.05) is 54.6 Å². The highest BCUT2D eigenvalue weighted by Crippen LogP contribution is 2.43. The maximum Gasteiger partial charge on any atom is 0.210 e. The highest BCUT2D eigenvalue weighted by Gasteiger charge is 2.43. The fraction of sp³-hybridized carbons (Fsp3) is 0.174. The van der Waals surface area contributed by atoms with E-state index in [9.17, 15) is 13.2 Å². The molecule has 0 saturated heterocycles. The van der Waals surface area contributed by atoms with Gasteiger partial charge in [-0.3, -0.25) is 4.79 Å². The van der Waals surface area contributed by atoms with Crippen molar-refractivity contribution >= 4 is 38.6 Å². The summed E-state index contributed by atoms with van der Waals surface area (Å²) in [5.41, 5.74) is 1.90. The second kappa shape index (κ2) is 6.91. The molecular weight excluding hydrogens is 372 g/mol. The van der Waals surface area contributed by atoms with Crippen LogP contribution in [-0.4, -0.2) is 19.8 Å². The van der Waals surface area contributed by atoms with Crippen LogP contribution in [0.4, 0.5) is 0 Å². The van der Waals surface area contributed by atoms with Crippen molar-refractivity contribution in [3.63, 3.8) is 0 Å². The number of carbonyl (C=O) groups excluding carboxylic acids is 1. The standard InChI is InChI=1S/C23H20O4S/c1-23(2)22(24)20(19-9-5-7-16-6-3-4-8-18(16)19)21(27-23)17-12-10-15(11-13-17)14-28(25)26/h3-13,28H,14H2,1-2H3. The molecule has 0 atom stereocenters. The van der Waals surface area contributed by atoms with Crippen molar-refractivity contribution in [2.75, 3.05) is 0 Å². The predicted octanol–water partition coefficient (Wildman–Crippen LogP) is 4.20. The molecule has 0 fully saturated rings. The molecule has 0 saturated carbocycles. The molecule has 0 N–H and O–H groups in total. The van der Waals surface area contributed by atoms with Gasteiger partial charge in [0.2, 0.25) is 5.78 Å². The minimum atomic E-state index is -2.48. The van der Waals surface area contributed by atoms with E-state index in [0.717, 1.165) is 21.9 Å². The van der Waals surface area contributed by atoms with Crippen LogP contribution < -0.4 is 0 Å². The molecule has 0 aliphatic carbocycles. The fourth-order valence-electron chi connectivity index (χ4n) is 3.56. The summed E-state index contributed by atoms with van der Waals surface area (Å²) in [4.78, 5) is 13.2. The van der Waals surface area contributed by atoms with Gasteiger partial charge in [0.05, 0.1) is 11.3 Å². The zero-order valence-corrected chi connectivity index (χ0v) is 16.5. The van der Waals surface area contributed by atoms with Crippen molar-refractivity contribution in [2.45, 2.75) is 25.2 Å². The molecule has 3 aromatic carbocycles. The fourth-order valence-corrected chi connectivity index (χ4v) is 4.07. The second-order valence-electron chi connectivity index (χ2n) is 7.36. The number of ketones is 1. The van der Waals surface area contributed by atoms with Crippen molar-refractivity contribution in [1.82, 2.24) is 0 Å². The van der Waals surface area contributed by atoms with E-state index in [1.54, 1.807) is 26.0 Å². The second-order valence-corrected chi connectivity index (χ2v) is 8.34. The van der Waals surface area contributed by atoms with Crippen LogP contribution in [0.3, 0.4) is 0 Å². The molecule has 0 radical (unpaired) electrons. The Balaban J connectivity index is 1.91. The average Bonchev–Trinajstić information content (AvgIpc) is 2.91. The van der Waals surface area contributed by atoms with Gasteiger partial charge in [-0.05, 0) is 35.7 Å². The summed E-state index contributed by atoms with van der Waals surface area (Å²) >= 11 is 0. The number of rotatable bonds is 4. The number of fused-ring (bicyclic) bond motifs is 1. The summed E-state index contributed by atoms with van der Waals surface area (Å²) in [6.07, 6.45) is 0. The van der Waals surface area contributed by atoms with Gasteiger partial charge in [0.15, 0.2) is 5.60 Å². The topological polar surface area (TPSA) is 60.4 Å². The van der Waals surface area contributed by atoms with E-state index < -0.39 is 16.3 Å². The summed E-state index contributed by atoms with van der Waals surface area (Å²) in [6.45, 7) is 3.54. The number of Topliss-reactive ketones (excluding diaryl/α,β-unsaturated/α-hetero) is 1. The molecule has 28 heavy (non-hydrogen) atoms. The van der Waals surface area contributed by atoms with E-state index in [2.05, 4.69) is 0 Å². The molecule has 5 heteroatoms. The van der Waals surface area contributed by atoms with Crippen LogP contribution in [0.15, 0.2) is 66.7 Å². The van der Waals surface area contributed by atoms with Crippen LogP contribution in [0.5, 0.6) is 0 Å². The zero-order chi connectivity index (χ0) is 19.9. The minimum absolute atomic E-state index is 0.00385. The first-order chi connectivity index (χ1) is 13.4. The molecule has 0 amide bonds. The lowest BCUT2D eigenvalue weighted by atomic mass is 9.89. The Bertz CT molecular complexity index is 1170. The number of benzene rings is 3. The van der Waals surface area contributed by atoms with Crippen molar-refractivity contribution in [3.8, 4) is 0 Å². The zero-order valence-electron chi connectivity index (χ0n) is 15.6. The van der Waals surface area contributed by atoms with Crippen LogP contribution in [-0.2, 0) is 26.0 Å². The van der Waals surface area contributed by atoms with Gasteiger partial charge < -0.3 is 4.74 Å². The first-order valence-electron chi connectivity index (χ1n) is 9.04. The Morgan fingerprint density at radius 3 is 2.29 bits per heavy atom. The molecule has 4 rings (SSSR count). The molecule has 142 valence electrons. The highest BCUT2D eigenvalue weighted by molar-refractivity contribution is 7.71. The van der Waals surface area contributed by atoms with Gasteiger partial charge in [0, 0.05) is 5.56 Å². The number of hydrogen-bond donors (Lipinski definition) is 1. The Labute approximate surface area is 165 Å². The Kier molecular flexibility index (Phi) is 4.55. The van der Waals surface area contributed by atoms with Gasteiger partial charge in [0.1, 0.15) is 16.5 Å². The summed E-state index contributed by atoms with van der Waals surface area (Å²) in [5.74, 6) is 0.464. The molecular formula is C23H20O4S. The van der Waals surface area contributed by atoms with Crippen LogP contribution in [0, 0.1) is 0 Å². The molecule has 0 aromatic heterocycles. The third-order valence-corrected chi connectivity index (χ3v) is 5.57. The number of hydrogen-bond acceptors (Lipinski definition) is 4. The average molecular weight is 392 g/mol. The Hall–Kier alpha value is -2.92. The smallest absolute Gasteiger partial charge is 0.210 e. The normalized spacial score (nSPS) is 16.0. The largest absolute Gasteiger partial charge is 0.478 e. The quantitative estimate of drug-likeness (QED) is 0.676. The summed E-state index contributed by atoms with van der Waals surface area (Å²) in [6, 6.07) is 21.0. The van der Waals surface area contributed by atoms with Crippen molar-refractivity contribution < 1.29 is 17.9 Å². The Morgan fingerprint density at radius 2 is 1.57 bits per heavy atom. The van der Waals surface area contributed by atoms with Gasteiger partial charge >= 0.3 is 0 Å². The van der Waals surface area contributed by atoms with Gasteiger partial charge in [-0.1, -0.05) is 66.7 Å². The van der Waals surface area contributed by atoms with E-state index in [4.69, 9.17) is 4.74 Å². The van der Waals surface area contributed by atoms with Gasteiger partial charge in [-0.25, -0.2) is 8.42 Å². The van der Waals surface area contributed by atoms with Crippen molar-refractivity contribution in [3.05, 3.63) is 83.4 Å². The summed E-state index contributed by atoms with van der Waals surface area (Å²) in [7, 11) is -2.48. The van der Waals surface area contributed by atoms with Crippen molar-refractivity contribution in [2.24, 2.45) is 0 Å². The van der Waals surface area contributed by atoms with Crippen LogP contribution in [0.25, 0.3) is 22.1 Å². The number of thiol groups is 1. The third kappa shape index (κ3) is 3.22. The number of carbonyl (C=O) groups is 1. The lowest BCUT2D eigenvalue weighted by Crippen LogP contribution is -2.29. The van der Waals surface area contributed by atoms with Crippen LogP contribution in [0.1, 0.15) is 30.5 Å². The molecule has 0 unspecified atom stereocenters. The van der Waals surface area contributed by atoms with E-state index >= 15 is 0 Å². The molecule has 4 nitrogen and oxygen atoms in total. The number of ether oxygens (including phenoxy) is 1. The Morgan fingerprint density at radius 1 is 0.893 bits per heavy atom. The summed E-state index contributed by atoms with van der Waals surface area (Å²) < 4.78 is 28.0. The maximum atomic E-state index is 13.2. The molecule has 0 spiro atoms. The molecule has 1 aliphatic heterocycles. The molecule has 1 aliphatic rings. The lowest BCUT2D eigenvalue weighted by molar-refractivity contribution is -0.125.